The Kier molecular flexibility index (Phi) is 5.37. The number of hydrogen-bond donors (Lipinski definition) is 0. The number of carbonyl (C=O) groups excluding carboxylic acids is 2. The molecule has 0 unspecified atom stereocenters. The number of hydrazone groups is 1. The van der Waals surface area contributed by atoms with Gasteiger partial charge >= 0.3 is 0 Å². The minimum absolute atomic E-state index is 0.165. The second-order valence-corrected chi connectivity index (χ2v) is 9.39. The summed E-state index contributed by atoms with van der Waals surface area (Å²) in [7, 11) is 1.57. The number of ether oxygens (including phenoxy) is 2. The minimum Gasteiger partial charge on any atom is -0.493 e. The summed E-state index contributed by atoms with van der Waals surface area (Å²) in [5.41, 5.74) is 2.92. The third-order valence-corrected chi connectivity index (χ3v) is 7.21. The van der Waals surface area contributed by atoms with Crippen molar-refractivity contribution in [1.82, 2.24) is 5.01 Å². The van der Waals surface area contributed by atoms with Gasteiger partial charge in [0.05, 0.1) is 25.2 Å². The summed E-state index contributed by atoms with van der Waals surface area (Å²) in [6.45, 7) is 2.45. The van der Waals surface area contributed by atoms with E-state index in [-0.39, 0.29) is 35.5 Å². The second kappa shape index (κ2) is 8.20. The molecule has 0 N–H and O–H groups in total. The van der Waals surface area contributed by atoms with Crippen LogP contribution in [0.5, 0.6) is 11.5 Å². The zero-order valence-electron chi connectivity index (χ0n) is 17.8. The summed E-state index contributed by atoms with van der Waals surface area (Å²) >= 11 is 3.54. The molecule has 2 fully saturated rings. The van der Waals surface area contributed by atoms with E-state index in [4.69, 9.17) is 9.47 Å². The molecule has 1 saturated heterocycles. The van der Waals surface area contributed by atoms with Gasteiger partial charge in [-0.05, 0) is 58.8 Å². The molecule has 32 heavy (non-hydrogen) atoms. The second-order valence-electron chi connectivity index (χ2n) is 8.54. The number of methoxy groups -OCH3 is 1. The van der Waals surface area contributed by atoms with Crippen LogP contribution in [-0.2, 0) is 16.2 Å². The number of nitrogens with zero attached hydrogens (tertiary/aromatic N) is 2. The van der Waals surface area contributed by atoms with Crippen LogP contribution in [0.4, 0.5) is 0 Å². The summed E-state index contributed by atoms with van der Waals surface area (Å²) in [6.07, 6.45) is 6.56. The lowest BCUT2D eigenvalue weighted by Crippen LogP contribution is -2.28. The summed E-state index contributed by atoms with van der Waals surface area (Å²) in [5.74, 6) is 0.541. The Hall–Kier alpha value is -2.93. The summed E-state index contributed by atoms with van der Waals surface area (Å²) in [6, 6.07) is 11.7. The number of allylic oxidation sites excluding steroid dienone is 2. The highest BCUT2D eigenvalue weighted by atomic mass is 79.9. The first kappa shape index (κ1) is 20.9. The molecule has 1 saturated carbocycles. The molecule has 6 nitrogen and oxygen atoms in total. The average molecular weight is 495 g/mol. The predicted molar refractivity (Wildman–Crippen MR) is 123 cm³/mol. The van der Waals surface area contributed by atoms with E-state index in [0.29, 0.717) is 23.7 Å². The number of amides is 2. The number of aryl methyl sites for hydroxylation is 1. The van der Waals surface area contributed by atoms with Crippen molar-refractivity contribution >= 4 is 34.0 Å². The zero-order valence-corrected chi connectivity index (χ0v) is 19.4. The van der Waals surface area contributed by atoms with Gasteiger partial charge in [-0.15, -0.1) is 0 Å². The molecule has 3 aliphatic rings. The third-order valence-electron chi connectivity index (χ3n) is 6.52. The van der Waals surface area contributed by atoms with E-state index in [2.05, 4.69) is 39.2 Å². The number of hydrogen-bond acceptors (Lipinski definition) is 5. The summed E-state index contributed by atoms with van der Waals surface area (Å²) < 4.78 is 12.2. The van der Waals surface area contributed by atoms with Crippen molar-refractivity contribution in [3.05, 3.63) is 69.7 Å². The largest absolute Gasteiger partial charge is 0.493 e. The van der Waals surface area contributed by atoms with Crippen LogP contribution in [0, 0.1) is 30.6 Å². The Balaban J connectivity index is 1.34. The molecule has 2 amide bonds. The van der Waals surface area contributed by atoms with Gasteiger partial charge in [0.25, 0.3) is 11.8 Å². The highest BCUT2D eigenvalue weighted by Crippen LogP contribution is 2.52. The van der Waals surface area contributed by atoms with E-state index in [9.17, 15) is 9.59 Å². The molecule has 4 atom stereocenters. The van der Waals surface area contributed by atoms with Gasteiger partial charge in [-0.1, -0.05) is 42.0 Å². The Bertz CT molecular complexity index is 1130. The summed E-state index contributed by atoms with van der Waals surface area (Å²) in [4.78, 5) is 25.6. The molecule has 1 heterocycles. The van der Waals surface area contributed by atoms with Crippen LogP contribution < -0.4 is 9.47 Å². The molecule has 5 rings (SSSR count). The standard InChI is InChI=1S/C25H23BrN2O4/c1-14-4-3-5-15(8-14)13-32-21-11-19(26)18(10-20(21)31-2)12-27-28-24(29)22-16-6-7-17(9-16)23(22)25(28)30/h3-8,10-12,16-17,22-23H,9,13H2,1-2H3/t16-,17-,22-,23+/m0/s1. The topological polar surface area (TPSA) is 68.2 Å². The van der Waals surface area contributed by atoms with Gasteiger partial charge in [0.1, 0.15) is 6.61 Å². The van der Waals surface area contributed by atoms with Gasteiger partial charge < -0.3 is 9.47 Å². The van der Waals surface area contributed by atoms with Crippen molar-refractivity contribution in [2.75, 3.05) is 7.11 Å². The van der Waals surface area contributed by atoms with Crippen LogP contribution in [0.2, 0.25) is 0 Å². The Morgan fingerprint density at radius 1 is 1.09 bits per heavy atom. The first-order chi connectivity index (χ1) is 15.5. The van der Waals surface area contributed by atoms with E-state index < -0.39 is 0 Å². The summed E-state index contributed by atoms with van der Waals surface area (Å²) in [5, 5.41) is 5.30. The van der Waals surface area contributed by atoms with Crippen LogP contribution in [0.15, 0.2) is 58.1 Å². The monoisotopic (exact) mass is 494 g/mol. The lowest BCUT2D eigenvalue weighted by atomic mass is 9.85. The Morgan fingerprint density at radius 3 is 2.47 bits per heavy atom. The van der Waals surface area contributed by atoms with Crippen LogP contribution in [0.3, 0.4) is 0 Å². The minimum atomic E-state index is -0.259. The maximum atomic E-state index is 12.8. The van der Waals surface area contributed by atoms with E-state index in [0.717, 1.165) is 21.5 Å². The number of halogens is 1. The molecular formula is C25H23BrN2O4. The van der Waals surface area contributed by atoms with Crippen molar-refractivity contribution < 1.29 is 19.1 Å². The fourth-order valence-corrected chi connectivity index (χ4v) is 5.43. The maximum absolute atomic E-state index is 12.8. The molecule has 0 aromatic heterocycles. The van der Waals surface area contributed by atoms with Crippen molar-refractivity contribution in [2.24, 2.45) is 28.8 Å². The first-order valence-electron chi connectivity index (χ1n) is 10.6. The van der Waals surface area contributed by atoms with Crippen LogP contribution in [-0.4, -0.2) is 30.1 Å². The lowest BCUT2D eigenvalue weighted by molar-refractivity contribution is -0.140. The number of imide groups is 1. The zero-order chi connectivity index (χ0) is 22.4. The molecule has 0 spiro atoms. The molecule has 0 radical (unpaired) electrons. The molecule has 2 aliphatic carbocycles. The van der Waals surface area contributed by atoms with Crippen LogP contribution in [0.25, 0.3) is 0 Å². The van der Waals surface area contributed by atoms with Crippen LogP contribution >= 0.6 is 15.9 Å². The average Bonchev–Trinajstić information content (AvgIpc) is 3.46. The van der Waals surface area contributed by atoms with Gasteiger partial charge in [-0.25, -0.2) is 0 Å². The van der Waals surface area contributed by atoms with Gasteiger partial charge in [0.15, 0.2) is 11.5 Å². The fraction of sp³-hybridized carbons (Fsp3) is 0.320. The van der Waals surface area contributed by atoms with Crippen molar-refractivity contribution in [3.8, 4) is 11.5 Å². The van der Waals surface area contributed by atoms with E-state index in [1.165, 1.54) is 11.8 Å². The predicted octanol–water partition coefficient (Wildman–Crippen LogP) is 4.49. The molecule has 7 heteroatoms. The van der Waals surface area contributed by atoms with E-state index >= 15 is 0 Å². The van der Waals surface area contributed by atoms with Crippen molar-refractivity contribution in [3.63, 3.8) is 0 Å². The van der Waals surface area contributed by atoms with Gasteiger partial charge in [0, 0.05) is 10.0 Å². The number of carbonyl (C=O) groups is 2. The Morgan fingerprint density at radius 2 is 1.81 bits per heavy atom. The third kappa shape index (κ3) is 3.54. The molecular weight excluding hydrogens is 472 g/mol. The van der Waals surface area contributed by atoms with Crippen LogP contribution in [0.1, 0.15) is 23.1 Å². The van der Waals surface area contributed by atoms with E-state index in [1.54, 1.807) is 13.2 Å². The highest BCUT2D eigenvalue weighted by Gasteiger charge is 2.59. The van der Waals surface area contributed by atoms with Gasteiger partial charge in [-0.2, -0.15) is 10.1 Å². The number of benzene rings is 2. The molecule has 1 aliphatic heterocycles. The van der Waals surface area contributed by atoms with E-state index in [1.807, 2.05) is 31.2 Å². The SMILES string of the molecule is COc1cc(C=NN2C(=O)[C@@H]3[C@H](C2=O)[C@H]2C=C[C@H]3C2)c(Br)cc1OCc1cccc(C)c1. The maximum Gasteiger partial charge on any atom is 0.254 e. The molecule has 2 aromatic rings. The molecule has 2 bridgehead atoms. The number of rotatable bonds is 6. The smallest absolute Gasteiger partial charge is 0.254 e. The fourth-order valence-electron chi connectivity index (χ4n) is 5.01. The van der Waals surface area contributed by atoms with Crippen molar-refractivity contribution in [2.45, 2.75) is 20.0 Å². The number of fused-ring (bicyclic) bond motifs is 5. The molecule has 164 valence electrons. The molecule has 2 aromatic carbocycles. The Labute approximate surface area is 195 Å². The quantitative estimate of drug-likeness (QED) is 0.337. The lowest BCUT2D eigenvalue weighted by Gasteiger charge is -2.14. The first-order valence-corrected chi connectivity index (χ1v) is 11.4. The highest BCUT2D eigenvalue weighted by molar-refractivity contribution is 9.10. The normalized spacial score (nSPS) is 25.8. The van der Waals surface area contributed by atoms with Gasteiger partial charge in [-0.3, -0.25) is 9.59 Å². The van der Waals surface area contributed by atoms with Crippen molar-refractivity contribution in [1.29, 1.82) is 0 Å². The van der Waals surface area contributed by atoms with Gasteiger partial charge in [0.2, 0.25) is 0 Å².